The number of carbonyl (C=O) groups is 1. The number of hydrogen-bond acceptors (Lipinski definition) is 2. The van der Waals surface area contributed by atoms with Crippen LogP contribution in [0, 0.1) is 6.92 Å². The van der Waals surface area contributed by atoms with Gasteiger partial charge in [0, 0.05) is 11.2 Å². The summed E-state index contributed by atoms with van der Waals surface area (Å²) in [7, 11) is 0. The highest BCUT2D eigenvalue weighted by atomic mass is 16.2. The maximum absolute atomic E-state index is 11.5. The van der Waals surface area contributed by atoms with Gasteiger partial charge in [0.2, 0.25) is 5.91 Å². The average molecular weight is 220 g/mol. The van der Waals surface area contributed by atoms with E-state index in [0.29, 0.717) is 6.54 Å². The summed E-state index contributed by atoms with van der Waals surface area (Å²) < 4.78 is 0. The number of nitrogens with one attached hydrogen (secondary N) is 2. The molecule has 0 aliphatic heterocycles. The van der Waals surface area contributed by atoms with E-state index in [-0.39, 0.29) is 11.4 Å². The van der Waals surface area contributed by atoms with Gasteiger partial charge in [-0.3, -0.25) is 4.79 Å². The van der Waals surface area contributed by atoms with Crippen LogP contribution in [0.3, 0.4) is 0 Å². The van der Waals surface area contributed by atoms with Crippen molar-refractivity contribution in [2.75, 3.05) is 11.9 Å². The maximum atomic E-state index is 11.5. The summed E-state index contributed by atoms with van der Waals surface area (Å²) >= 11 is 0. The lowest BCUT2D eigenvalue weighted by Crippen LogP contribution is -2.43. The second-order valence-electron chi connectivity index (χ2n) is 5.02. The molecule has 0 aromatic heterocycles. The zero-order valence-corrected chi connectivity index (χ0v) is 10.4. The van der Waals surface area contributed by atoms with Crippen molar-refractivity contribution in [3.05, 3.63) is 29.8 Å². The molecule has 3 nitrogen and oxygen atoms in total. The minimum absolute atomic E-state index is 0.00834. The first-order chi connectivity index (χ1) is 7.37. The van der Waals surface area contributed by atoms with E-state index in [9.17, 15) is 4.79 Å². The maximum Gasteiger partial charge on any atom is 0.239 e. The van der Waals surface area contributed by atoms with Gasteiger partial charge in [-0.15, -0.1) is 0 Å². The highest BCUT2D eigenvalue weighted by Crippen LogP contribution is 2.08. The minimum Gasteiger partial charge on any atom is -0.376 e. The first-order valence-corrected chi connectivity index (χ1v) is 5.48. The number of benzene rings is 1. The zero-order valence-electron chi connectivity index (χ0n) is 10.4. The summed E-state index contributed by atoms with van der Waals surface area (Å²) in [5.74, 6) is 0.00834. The third-order valence-electron chi connectivity index (χ3n) is 1.99. The van der Waals surface area contributed by atoms with E-state index in [2.05, 4.69) is 10.6 Å². The molecule has 1 aromatic rings. The predicted molar refractivity (Wildman–Crippen MR) is 67.6 cm³/mol. The average Bonchev–Trinajstić information content (AvgIpc) is 2.12. The van der Waals surface area contributed by atoms with Gasteiger partial charge in [0.1, 0.15) is 0 Å². The van der Waals surface area contributed by atoms with Crippen molar-refractivity contribution in [2.45, 2.75) is 33.2 Å². The Kier molecular flexibility index (Phi) is 3.93. The molecule has 0 fully saturated rings. The largest absolute Gasteiger partial charge is 0.376 e. The molecular formula is C13H20N2O. The van der Waals surface area contributed by atoms with Crippen molar-refractivity contribution in [1.29, 1.82) is 0 Å². The van der Waals surface area contributed by atoms with Gasteiger partial charge < -0.3 is 10.6 Å². The molecular weight excluding hydrogens is 200 g/mol. The fourth-order valence-corrected chi connectivity index (χ4v) is 1.40. The second-order valence-corrected chi connectivity index (χ2v) is 5.02. The Morgan fingerprint density at radius 3 is 2.56 bits per heavy atom. The Morgan fingerprint density at radius 1 is 1.31 bits per heavy atom. The summed E-state index contributed by atoms with van der Waals surface area (Å²) in [4.78, 5) is 11.5. The van der Waals surface area contributed by atoms with E-state index in [1.807, 2.05) is 52.0 Å². The van der Waals surface area contributed by atoms with Crippen LogP contribution in [0.2, 0.25) is 0 Å². The third-order valence-corrected chi connectivity index (χ3v) is 1.99. The van der Waals surface area contributed by atoms with Gasteiger partial charge in [0.05, 0.1) is 6.54 Å². The molecule has 1 aromatic carbocycles. The molecule has 0 aliphatic carbocycles. The third kappa shape index (κ3) is 4.82. The van der Waals surface area contributed by atoms with Crippen molar-refractivity contribution in [3.63, 3.8) is 0 Å². The monoisotopic (exact) mass is 220 g/mol. The van der Waals surface area contributed by atoms with Crippen molar-refractivity contribution < 1.29 is 4.79 Å². The van der Waals surface area contributed by atoms with Crippen LogP contribution in [0.4, 0.5) is 5.69 Å². The van der Waals surface area contributed by atoms with Gasteiger partial charge in [0.15, 0.2) is 0 Å². The number of rotatable bonds is 3. The predicted octanol–water partition coefficient (Wildman–Crippen LogP) is 2.32. The molecule has 0 aliphatic rings. The molecule has 0 spiro atoms. The van der Waals surface area contributed by atoms with Crippen LogP contribution in [0.25, 0.3) is 0 Å². The van der Waals surface area contributed by atoms with Gasteiger partial charge in [-0.25, -0.2) is 0 Å². The molecule has 0 heterocycles. The standard InChI is InChI=1S/C13H20N2O/c1-10-6-5-7-11(8-10)14-9-12(16)15-13(2,3)4/h5-8,14H,9H2,1-4H3,(H,15,16). The first kappa shape index (κ1) is 12.6. The van der Waals surface area contributed by atoms with Crippen LogP contribution in [-0.4, -0.2) is 18.0 Å². The number of carbonyl (C=O) groups excluding carboxylic acids is 1. The van der Waals surface area contributed by atoms with E-state index in [1.165, 1.54) is 5.56 Å². The lowest BCUT2D eigenvalue weighted by Gasteiger charge is -2.20. The SMILES string of the molecule is Cc1cccc(NCC(=O)NC(C)(C)C)c1. The Morgan fingerprint density at radius 2 is 2.00 bits per heavy atom. The van der Waals surface area contributed by atoms with Crippen molar-refractivity contribution in [3.8, 4) is 0 Å². The normalized spacial score (nSPS) is 11.0. The summed E-state index contributed by atoms with van der Waals surface area (Å²) in [6.45, 7) is 8.24. The van der Waals surface area contributed by atoms with E-state index < -0.39 is 0 Å². The van der Waals surface area contributed by atoms with Crippen LogP contribution in [-0.2, 0) is 4.79 Å². The number of hydrogen-bond donors (Lipinski definition) is 2. The zero-order chi connectivity index (χ0) is 12.2. The summed E-state index contributed by atoms with van der Waals surface area (Å²) in [5.41, 5.74) is 1.98. The topological polar surface area (TPSA) is 41.1 Å². The lowest BCUT2D eigenvalue weighted by atomic mass is 10.1. The quantitative estimate of drug-likeness (QED) is 0.820. The highest BCUT2D eigenvalue weighted by Gasteiger charge is 2.12. The summed E-state index contributed by atoms with van der Waals surface area (Å²) in [6.07, 6.45) is 0. The number of anilines is 1. The van der Waals surface area contributed by atoms with Gasteiger partial charge in [-0.2, -0.15) is 0 Å². The van der Waals surface area contributed by atoms with E-state index in [1.54, 1.807) is 0 Å². The van der Waals surface area contributed by atoms with Crippen LogP contribution in [0.5, 0.6) is 0 Å². The number of amides is 1. The Bertz CT molecular complexity index is 366. The molecule has 0 atom stereocenters. The summed E-state index contributed by atoms with van der Waals surface area (Å²) in [5, 5.41) is 6.00. The molecule has 3 heteroatoms. The molecule has 2 N–H and O–H groups in total. The molecule has 88 valence electrons. The summed E-state index contributed by atoms with van der Waals surface area (Å²) in [6, 6.07) is 7.97. The van der Waals surface area contributed by atoms with E-state index in [0.717, 1.165) is 5.69 Å². The van der Waals surface area contributed by atoms with Gasteiger partial charge in [-0.05, 0) is 45.4 Å². The van der Waals surface area contributed by atoms with Crippen molar-refractivity contribution in [2.24, 2.45) is 0 Å². The minimum atomic E-state index is -0.175. The molecule has 0 radical (unpaired) electrons. The van der Waals surface area contributed by atoms with Gasteiger partial charge in [-0.1, -0.05) is 12.1 Å². The fourth-order valence-electron chi connectivity index (χ4n) is 1.40. The van der Waals surface area contributed by atoms with Gasteiger partial charge in [0.25, 0.3) is 0 Å². The van der Waals surface area contributed by atoms with Crippen molar-refractivity contribution in [1.82, 2.24) is 5.32 Å². The molecule has 0 saturated carbocycles. The Balaban J connectivity index is 2.43. The first-order valence-electron chi connectivity index (χ1n) is 5.48. The fraction of sp³-hybridized carbons (Fsp3) is 0.462. The van der Waals surface area contributed by atoms with E-state index >= 15 is 0 Å². The smallest absolute Gasteiger partial charge is 0.239 e. The Labute approximate surface area is 97.2 Å². The molecule has 1 amide bonds. The number of aryl methyl sites for hydroxylation is 1. The highest BCUT2D eigenvalue weighted by molar-refractivity contribution is 5.81. The molecule has 0 unspecified atom stereocenters. The van der Waals surface area contributed by atoms with Crippen LogP contribution in [0.1, 0.15) is 26.3 Å². The van der Waals surface area contributed by atoms with Crippen LogP contribution in [0.15, 0.2) is 24.3 Å². The molecule has 0 bridgehead atoms. The lowest BCUT2D eigenvalue weighted by molar-refractivity contribution is -0.120. The van der Waals surface area contributed by atoms with E-state index in [4.69, 9.17) is 0 Å². The van der Waals surface area contributed by atoms with Crippen molar-refractivity contribution >= 4 is 11.6 Å². The van der Waals surface area contributed by atoms with Crippen LogP contribution < -0.4 is 10.6 Å². The second kappa shape index (κ2) is 5.01. The molecule has 16 heavy (non-hydrogen) atoms. The molecule has 1 rings (SSSR count). The molecule has 0 saturated heterocycles. The van der Waals surface area contributed by atoms with Gasteiger partial charge >= 0.3 is 0 Å². The Hall–Kier alpha value is -1.51. The van der Waals surface area contributed by atoms with Crippen LogP contribution >= 0.6 is 0 Å².